The molecule has 0 fully saturated rings. The number of unbranched alkanes of at least 4 members (excludes halogenated alkanes) is 4. The third kappa shape index (κ3) is 315. The van der Waals surface area contributed by atoms with Gasteiger partial charge in [-0.3, -0.25) is 0 Å². The van der Waals surface area contributed by atoms with Crippen LogP contribution in [0.4, 0.5) is 0 Å². The first-order valence-corrected chi connectivity index (χ1v) is 8.80. The van der Waals surface area contributed by atoms with Crippen molar-refractivity contribution < 1.29 is 58.0 Å². The summed E-state index contributed by atoms with van der Waals surface area (Å²) in [5, 5.41) is 0. The summed E-state index contributed by atoms with van der Waals surface area (Å²) >= 11 is 0. The Morgan fingerprint density at radius 2 is 0.857 bits per heavy atom. The number of phosphoric acid groups is 2. The fourth-order valence-electron chi connectivity index (χ4n) is 0.500. The Morgan fingerprint density at radius 1 is 0.714 bits per heavy atom. The van der Waals surface area contributed by atoms with Crippen LogP contribution in [-0.2, 0) is 28.6 Å². The molecule has 0 aliphatic rings. The van der Waals surface area contributed by atoms with Gasteiger partial charge in [-0.15, -0.1) is 0 Å². The molecule has 0 atom stereocenters. The van der Waals surface area contributed by atoms with Gasteiger partial charge in [-0.1, -0.05) is 39.5 Å². The van der Waals surface area contributed by atoms with Gasteiger partial charge in [-0.2, -0.15) is 28.5 Å². The van der Waals surface area contributed by atoms with Crippen LogP contribution in [0.15, 0.2) is 0 Å². The molecular formula is C10H22O8P2Zn-6. The molecule has 0 bridgehead atoms. The maximum absolute atomic E-state index is 8.55. The van der Waals surface area contributed by atoms with E-state index in [1.54, 1.807) is 0 Å². The molecule has 21 heavy (non-hydrogen) atoms. The third-order valence-corrected chi connectivity index (χ3v) is 1.21. The first-order chi connectivity index (χ1) is 8.83. The van der Waals surface area contributed by atoms with Gasteiger partial charge in [0.25, 0.3) is 0 Å². The van der Waals surface area contributed by atoms with Gasteiger partial charge in [-0.25, -0.2) is 0 Å². The molecule has 0 aliphatic carbocycles. The Kier molecular flexibility index (Phi) is 36.8. The van der Waals surface area contributed by atoms with Gasteiger partial charge in [-0.05, 0) is 0 Å². The van der Waals surface area contributed by atoms with Crippen LogP contribution in [0.1, 0.15) is 52.4 Å². The minimum absolute atomic E-state index is 0. The Bertz CT molecular complexity index is 207. The molecule has 0 heterocycles. The van der Waals surface area contributed by atoms with Crippen molar-refractivity contribution in [3.63, 3.8) is 0 Å². The summed E-state index contributed by atoms with van der Waals surface area (Å²) in [4.78, 5) is 51.3. The van der Waals surface area contributed by atoms with Gasteiger partial charge in [0.05, 0.1) is 0 Å². The molecule has 0 unspecified atom stereocenters. The maximum atomic E-state index is 8.55. The summed E-state index contributed by atoms with van der Waals surface area (Å²) < 4.78 is 17.1. The van der Waals surface area contributed by atoms with Crippen LogP contribution in [0, 0.1) is 13.8 Å². The zero-order valence-corrected chi connectivity index (χ0v) is 17.3. The molecule has 0 radical (unpaired) electrons. The topological polar surface area (TPSA) is 172 Å². The second-order valence-electron chi connectivity index (χ2n) is 3.31. The molecule has 0 spiro atoms. The molecule has 128 valence electrons. The molecule has 0 aromatic heterocycles. The fraction of sp³-hybridized carbons (Fsp3) is 0.800. The molecule has 0 saturated carbocycles. The Balaban J connectivity index is -0.0000000533. The zero-order chi connectivity index (χ0) is 17.2. The molecule has 0 aliphatic heterocycles. The number of hydrogen-bond donors (Lipinski definition) is 0. The van der Waals surface area contributed by atoms with Gasteiger partial charge >= 0.3 is 19.5 Å². The van der Waals surface area contributed by atoms with Gasteiger partial charge < -0.3 is 52.3 Å². The first kappa shape index (κ1) is 33.5. The summed E-state index contributed by atoms with van der Waals surface area (Å²) in [5.74, 6) is 0. The van der Waals surface area contributed by atoms with E-state index in [1.807, 2.05) is 0 Å². The Morgan fingerprint density at radius 3 is 0.857 bits per heavy atom. The van der Waals surface area contributed by atoms with E-state index in [0.717, 1.165) is 12.8 Å². The third-order valence-electron chi connectivity index (χ3n) is 1.21. The quantitative estimate of drug-likeness (QED) is 0.309. The minimum Gasteiger partial charge on any atom is -0.822 e. The van der Waals surface area contributed by atoms with Crippen molar-refractivity contribution in [3.05, 3.63) is 13.8 Å². The predicted molar refractivity (Wildman–Crippen MR) is 65.0 cm³/mol. The smallest absolute Gasteiger partial charge is 0.822 e. The van der Waals surface area contributed by atoms with E-state index in [0.29, 0.717) is 0 Å². The fourth-order valence-corrected chi connectivity index (χ4v) is 0.500. The summed E-state index contributed by atoms with van der Waals surface area (Å²) in [6.45, 7) is 11.7. The Hall–Kier alpha value is 0.843. The molecule has 0 saturated heterocycles. The van der Waals surface area contributed by atoms with E-state index < -0.39 is 15.6 Å². The first-order valence-electron chi connectivity index (χ1n) is 5.87. The summed E-state index contributed by atoms with van der Waals surface area (Å²) in [7, 11) is -10.8. The van der Waals surface area contributed by atoms with Crippen LogP contribution < -0.4 is 29.4 Å². The molecular weight excluding hydrogens is 375 g/mol. The van der Waals surface area contributed by atoms with Crippen LogP contribution in [0.25, 0.3) is 0 Å². The summed E-state index contributed by atoms with van der Waals surface area (Å²) in [6, 6.07) is 0. The monoisotopic (exact) mass is 396 g/mol. The van der Waals surface area contributed by atoms with E-state index in [2.05, 4.69) is 27.7 Å². The second-order valence-corrected chi connectivity index (χ2v) is 5.10. The standard InChI is InChI=1S/2C5H11.2H3O4P.Zn/c2*1-3-5-4-2;2*1-5(2,3)4;/h2*1,3-5H2,2H3;2*(H3,1,2,3,4);/q2*-1;;;+2/p-6. The van der Waals surface area contributed by atoms with Crippen molar-refractivity contribution >= 4 is 15.6 Å². The van der Waals surface area contributed by atoms with Gasteiger partial charge in [0, 0.05) is 0 Å². The van der Waals surface area contributed by atoms with Gasteiger partial charge in [0.1, 0.15) is 0 Å². The molecule has 0 N–H and O–H groups in total. The SMILES string of the molecule is O=P([O-])([O-])[O-].O=P([O-])([O-])[O-].[CH2-]CCCC.[CH2-]CCCC.[Zn+2]. The largest absolute Gasteiger partial charge is 2.00 e. The molecule has 0 amide bonds. The van der Waals surface area contributed by atoms with E-state index in [1.165, 1.54) is 25.7 Å². The van der Waals surface area contributed by atoms with E-state index in [-0.39, 0.29) is 19.5 Å². The van der Waals surface area contributed by atoms with Crippen molar-refractivity contribution in [2.45, 2.75) is 52.4 Å². The Labute approximate surface area is 140 Å². The van der Waals surface area contributed by atoms with Gasteiger partial charge in [0.2, 0.25) is 0 Å². The zero-order valence-electron chi connectivity index (χ0n) is 12.5. The van der Waals surface area contributed by atoms with Crippen LogP contribution in [0.3, 0.4) is 0 Å². The van der Waals surface area contributed by atoms with Crippen molar-refractivity contribution in [2.24, 2.45) is 0 Å². The number of hydrogen-bond acceptors (Lipinski definition) is 8. The predicted octanol–water partition coefficient (Wildman–Crippen LogP) is -1.63. The van der Waals surface area contributed by atoms with Crippen molar-refractivity contribution in [1.82, 2.24) is 0 Å². The van der Waals surface area contributed by atoms with E-state index in [4.69, 9.17) is 38.5 Å². The second kappa shape index (κ2) is 23.1. The van der Waals surface area contributed by atoms with Crippen LogP contribution in [0.5, 0.6) is 0 Å². The molecule has 11 heteroatoms. The van der Waals surface area contributed by atoms with E-state index >= 15 is 0 Å². The number of rotatable bonds is 4. The minimum atomic E-state index is -5.39. The molecule has 0 aromatic carbocycles. The van der Waals surface area contributed by atoms with Gasteiger partial charge in [0.15, 0.2) is 0 Å². The van der Waals surface area contributed by atoms with Crippen LogP contribution in [0.2, 0.25) is 0 Å². The van der Waals surface area contributed by atoms with Crippen molar-refractivity contribution in [1.29, 1.82) is 0 Å². The maximum Gasteiger partial charge on any atom is 2.00 e. The van der Waals surface area contributed by atoms with Crippen molar-refractivity contribution in [2.75, 3.05) is 0 Å². The van der Waals surface area contributed by atoms with Crippen LogP contribution >= 0.6 is 15.6 Å². The normalized spacial score (nSPS) is 9.62. The van der Waals surface area contributed by atoms with E-state index in [9.17, 15) is 0 Å². The molecule has 8 nitrogen and oxygen atoms in total. The van der Waals surface area contributed by atoms with Crippen molar-refractivity contribution in [3.8, 4) is 0 Å². The average Bonchev–Trinajstić information content (AvgIpc) is 2.15. The molecule has 0 aromatic rings. The summed E-state index contributed by atoms with van der Waals surface area (Å²) in [5.41, 5.74) is 0. The molecule has 0 rings (SSSR count). The summed E-state index contributed by atoms with van der Waals surface area (Å²) in [6.07, 6.45) is 7.31. The average molecular weight is 398 g/mol. The van der Waals surface area contributed by atoms with Crippen LogP contribution in [-0.4, -0.2) is 0 Å².